The van der Waals surface area contributed by atoms with Gasteiger partial charge in [-0.25, -0.2) is 15.2 Å². The van der Waals surface area contributed by atoms with Gasteiger partial charge in [-0.1, -0.05) is 24.3 Å². The second-order valence-corrected chi connectivity index (χ2v) is 6.86. The van der Waals surface area contributed by atoms with Crippen LogP contribution in [0.3, 0.4) is 0 Å². The molecule has 8 nitrogen and oxygen atoms in total. The van der Waals surface area contributed by atoms with Gasteiger partial charge in [-0.2, -0.15) is 5.10 Å². The Bertz CT molecular complexity index is 1220. The lowest BCUT2D eigenvalue weighted by atomic mass is 10.1. The fourth-order valence-electron chi connectivity index (χ4n) is 3.07. The molecule has 0 fully saturated rings. The zero-order valence-corrected chi connectivity index (χ0v) is 17.7. The third-order valence-corrected chi connectivity index (χ3v) is 4.73. The highest BCUT2D eigenvalue weighted by atomic mass is 16.5. The van der Waals surface area contributed by atoms with Gasteiger partial charge in [0.2, 0.25) is 5.95 Å². The summed E-state index contributed by atoms with van der Waals surface area (Å²) in [7, 11) is 2.94. The van der Waals surface area contributed by atoms with E-state index in [1.165, 1.54) is 7.11 Å². The molecule has 0 amide bonds. The van der Waals surface area contributed by atoms with Crippen LogP contribution in [-0.4, -0.2) is 36.4 Å². The van der Waals surface area contributed by atoms with Crippen LogP contribution in [0.4, 0.5) is 5.95 Å². The van der Waals surface area contributed by atoms with E-state index in [-0.39, 0.29) is 5.97 Å². The number of para-hydroxylation sites is 2. The predicted molar refractivity (Wildman–Crippen MR) is 122 cm³/mol. The quantitative estimate of drug-likeness (QED) is 0.245. The number of hydrogen-bond donors (Lipinski definition) is 2. The number of anilines is 1. The fourth-order valence-corrected chi connectivity index (χ4v) is 3.07. The monoisotopic (exact) mass is 430 g/mol. The molecule has 0 aliphatic heterocycles. The molecule has 32 heavy (non-hydrogen) atoms. The Morgan fingerprint density at radius 3 is 2.62 bits per heavy atom. The van der Waals surface area contributed by atoms with Gasteiger partial charge < -0.3 is 19.2 Å². The van der Waals surface area contributed by atoms with Gasteiger partial charge in [0.1, 0.15) is 6.61 Å². The number of H-pyrrole nitrogens is 1. The van der Waals surface area contributed by atoms with E-state index in [4.69, 9.17) is 14.2 Å². The smallest absolute Gasteiger partial charge is 0.337 e. The number of hydrogen-bond acceptors (Lipinski definition) is 7. The molecular formula is C24H22N4O4. The van der Waals surface area contributed by atoms with Crippen LogP contribution in [0.25, 0.3) is 11.0 Å². The SMILES string of the molecule is COC(=O)c1ccc(COc2ccc(C=NNc3nc4ccccc4[nH]3)cc2OC)cc1. The van der Waals surface area contributed by atoms with Gasteiger partial charge in [-0.3, -0.25) is 0 Å². The lowest BCUT2D eigenvalue weighted by Crippen LogP contribution is -2.02. The van der Waals surface area contributed by atoms with Gasteiger partial charge in [0.05, 0.1) is 37.0 Å². The van der Waals surface area contributed by atoms with Crippen LogP contribution in [0.15, 0.2) is 71.8 Å². The van der Waals surface area contributed by atoms with Crippen LogP contribution in [0.2, 0.25) is 0 Å². The Kier molecular flexibility index (Phi) is 6.31. The number of aromatic amines is 1. The molecular weight excluding hydrogens is 408 g/mol. The highest BCUT2D eigenvalue weighted by Crippen LogP contribution is 2.28. The average Bonchev–Trinajstić information content (AvgIpc) is 3.25. The Morgan fingerprint density at radius 2 is 1.88 bits per heavy atom. The maximum Gasteiger partial charge on any atom is 0.337 e. The zero-order valence-electron chi connectivity index (χ0n) is 17.7. The topological polar surface area (TPSA) is 97.8 Å². The summed E-state index contributed by atoms with van der Waals surface area (Å²) >= 11 is 0. The van der Waals surface area contributed by atoms with E-state index in [1.54, 1.807) is 25.5 Å². The van der Waals surface area contributed by atoms with Crippen molar-refractivity contribution < 1.29 is 19.0 Å². The number of fused-ring (bicyclic) bond motifs is 1. The highest BCUT2D eigenvalue weighted by molar-refractivity contribution is 5.89. The number of hydrazone groups is 1. The molecule has 1 aromatic heterocycles. The van der Waals surface area contributed by atoms with Crippen molar-refractivity contribution in [1.29, 1.82) is 0 Å². The maximum absolute atomic E-state index is 11.5. The molecule has 0 bridgehead atoms. The first-order valence-corrected chi connectivity index (χ1v) is 9.88. The highest BCUT2D eigenvalue weighted by Gasteiger charge is 2.08. The minimum atomic E-state index is -0.369. The first-order chi connectivity index (χ1) is 15.7. The molecule has 0 aliphatic carbocycles. The van der Waals surface area contributed by atoms with Gasteiger partial charge in [-0.05, 0) is 53.6 Å². The molecule has 2 N–H and O–H groups in total. The Hall–Kier alpha value is -4.33. The summed E-state index contributed by atoms with van der Waals surface area (Å²) in [6.07, 6.45) is 1.67. The third kappa shape index (κ3) is 4.86. The molecule has 0 spiro atoms. The van der Waals surface area contributed by atoms with E-state index in [9.17, 15) is 4.79 Å². The van der Waals surface area contributed by atoms with Crippen LogP contribution in [0, 0.1) is 0 Å². The molecule has 3 aromatic carbocycles. The fraction of sp³-hybridized carbons (Fsp3) is 0.125. The van der Waals surface area contributed by atoms with Crippen LogP contribution in [-0.2, 0) is 11.3 Å². The summed E-state index contributed by atoms with van der Waals surface area (Å²) in [6, 6.07) is 20.3. The first-order valence-electron chi connectivity index (χ1n) is 9.88. The summed E-state index contributed by atoms with van der Waals surface area (Å²) < 4.78 is 16.1. The maximum atomic E-state index is 11.5. The van der Waals surface area contributed by atoms with Gasteiger partial charge >= 0.3 is 5.97 Å². The number of benzene rings is 3. The lowest BCUT2D eigenvalue weighted by molar-refractivity contribution is 0.0600. The Labute approximate surface area is 184 Å². The average molecular weight is 430 g/mol. The number of rotatable bonds is 8. The number of methoxy groups -OCH3 is 2. The number of esters is 1. The zero-order chi connectivity index (χ0) is 22.3. The van der Waals surface area contributed by atoms with Gasteiger partial charge in [-0.15, -0.1) is 0 Å². The van der Waals surface area contributed by atoms with E-state index in [0.717, 1.165) is 22.2 Å². The predicted octanol–water partition coefficient (Wildman–Crippen LogP) is 4.38. The minimum absolute atomic E-state index is 0.332. The Balaban J connectivity index is 1.38. The molecule has 8 heteroatoms. The van der Waals surface area contributed by atoms with Crippen molar-refractivity contribution in [3.63, 3.8) is 0 Å². The Morgan fingerprint density at radius 1 is 1.06 bits per heavy atom. The van der Waals surface area contributed by atoms with E-state index in [2.05, 4.69) is 20.5 Å². The standard InChI is InChI=1S/C24H22N4O4/c1-30-22-13-17(14-25-28-24-26-19-5-3-4-6-20(19)27-24)9-12-21(22)32-15-16-7-10-18(11-8-16)23(29)31-2/h3-14H,15H2,1-2H3,(H2,26,27,28). The number of ether oxygens (including phenoxy) is 3. The number of carbonyl (C=O) groups excluding carboxylic acids is 1. The first kappa shape index (κ1) is 20.9. The second kappa shape index (κ2) is 9.65. The molecule has 0 unspecified atom stereocenters. The number of nitrogens with zero attached hydrogens (tertiary/aromatic N) is 2. The molecule has 1 heterocycles. The normalized spacial score (nSPS) is 10.9. The molecule has 0 saturated heterocycles. The van der Waals surface area contributed by atoms with Crippen molar-refractivity contribution in [2.45, 2.75) is 6.61 Å². The van der Waals surface area contributed by atoms with Gasteiger partial charge in [0, 0.05) is 0 Å². The summed E-state index contributed by atoms with van der Waals surface area (Å²) in [4.78, 5) is 19.1. The van der Waals surface area contributed by atoms with Crippen molar-refractivity contribution >= 4 is 29.2 Å². The summed E-state index contributed by atoms with van der Waals surface area (Å²) in [5.74, 6) is 1.38. The summed E-state index contributed by atoms with van der Waals surface area (Å²) in [5.41, 5.74) is 6.95. The molecule has 0 atom stereocenters. The number of nitrogens with one attached hydrogen (secondary N) is 2. The van der Waals surface area contributed by atoms with Crippen molar-refractivity contribution in [2.75, 3.05) is 19.6 Å². The summed E-state index contributed by atoms with van der Waals surface area (Å²) in [6.45, 7) is 0.332. The van der Waals surface area contributed by atoms with Crippen LogP contribution in [0.5, 0.6) is 11.5 Å². The number of carbonyl (C=O) groups is 1. The van der Waals surface area contributed by atoms with Crippen molar-refractivity contribution in [3.05, 3.63) is 83.4 Å². The molecule has 0 aliphatic rings. The molecule has 4 rings (SSSR count). The molecule has 162 valence electrons. The molecule has 0 radical (unpaired) electrons. The number of aromatic nitrogens is 2. The molecule has 4 aromatic rings. The lowest BCUT2D eigenvalue weighted by Gasteiger charge is -2.11. The third-order valence-electron chi connectivity index (χ3n) is 4.73. The van der Waals surface area contributed by atoms with Crippen molar-refractivity contribution in [1.82, 2.24) is 9.97 Å². The van der Waals surface area contributed by atoms with Crippen LogP contribution in [0.1, 0.15) is 21.5 Å². The van der Waals surface area contributed by atoms with E-state index >= 15 is 0 Å². The van der Waals surface area contributed by atoms with Crippen molar-refractivity contribution in [2.24, 2.45) is 5.10 Å². The van der Waals surface area contributed by atoms with Crippen LogP contribution >= 0.6 is 0 Å². The van der Waals surface area contributed by atoms with Crippen LogP contribution < -0.4 is 14.9 Å². The largest absolute Gasteiger partial charge is 0.493 e. The van der Waals surface area contributed by atoms with Crippen molar-refractivity contribution in [3.8, 4) is 11.5 Å². The molecule has 0 saturated carbocycles. The van der Waals surface area contributed by atoms with E-state index < -0.39 is 0 Å². The van der Waals surface area contributed by atoms with E-state index in [1.807, 2.05) is 54.6 Å². The van der Waals surface area contributed by atoms with Gasteiger partial charge in [0.25, 0.3) is 0 Å². The van der Waals surface area contributed by atoms with Gasteiger partial charge in [0.15, 0.2) is 11.5 Å². The van der Waals surface area contributed by atoms with E-state index in [0.29, 0.717) is 29.6 Å². The summed E-state index contributed by atoms with van der Waals surface area (Å²) in [5, 5.41) is 4.23. The number of imidazole rings is 1. The second-order valence-electron chi connectivity index (χ2n) is 6.86. The minimum Gasteiger partial charge on any atom is -0.493 e.